The van der Waals surface area contributed by atoms with E-state index in [4.69, 9.17) is 5.73 Å². The van der Waals surface area contributed by atoms with E-state index in [1.807, 2.05) is 12.1 Å². The lowest BCUT2D eigenvalue weighted by molar-refractivity contribution is -0.121. The van der Waals surface area contributed by atoms with Crippen molar-refractivity contribution in [2.75, 3.05) is 19.6 Å². The summed E-state index contributed by atoms with van der Waals surface area (Å²) in [4.78, 5) is 25.3. The van der Waals surface area contributed by atoms with Gasteiger partial charge in [-0.25, -0.2) is 9.18 Å². The molecule has 3 rings (SSSR count). The van der Waals surface area contributed by atoms with E-state index >= 15 is 0 Å². The molecule has 3 N–H and O–H groups in total. The van der Waals surface area contributed by atoms with Crippen LogP contribution in [0.1, 0.15) is 37.7 Å². The number of benzene rings is 1. The van der Waals surface area contributed by atoms with Gasteiger partial charge in [0, 0.05) is 25.0 Å². The molecule has 2 aliphatic rings. The Balaban J connectivity index is 1.64. The SMILES string of the molecule is NC(=O)C1CCN(C(=O)NCC2(c3ccc(F)cc3)CCCC2)C1. The molecule has 1 aromatic rings. The Labute approximate surface area is 141 Å². The van der Waals surface area contributed by atoms with Crippen LogP contribution in [-0.2, 0) is 10.2 Å². The monoisotopic (exact) mass is 333 g/mol. The summed E-state index contributed by atoms with van der Waals surface area (Å²) in [6, 6.07) is 6.47. The molecule has 1 aliphatic heterocycles. The number of amides is 3. The van der Waals surface area contributed by atoms with E-state index in [1.54, 1.807) is 4.90 Å². The second kappa shape index (κ2) is 6.79. The standard InChI is InChI=1S/C18H24FN3O2/c19-15-5-3-14(4-6-15)18(8-1-2-9-18)12-21-17(24)22-10-7-13(11-22)16(20)23/h3-6,13H,1-2,7-12H2,(H2,20,23)(H,21,24). The number of halogens is 1. The van der Waals surface area contributed by atoms with Gasteiger partial charge in [0.15, 0.2) is 0 Å². The number of nitrogens with one attached hydrogen (secondary N) is 1. The summed E-state index contributed by atoms with van der Waals surface area (Å²) in [7, 11) is 0. The number of carbonyl (C=O) groups excluding carboxylic acids is 2. The van der Waals surface area contributed by atoms with Crippen molar-refractivity contribution < 1.29 is 14.0 Å². The van der Waals surface area contributed by atoms with Gasteiger partial charge in [-0.15, -0.1) is 0 Å². The molecule has 1 aromatic carbocycles. The van der Waals surface area contributed by atoms with Gasteiger partial charge in [-0.05, 0) is 37.0 Å². The first kappa shape index (κ1) is 16.7. The Kier molecular flexibility index (Phi) is 4.73. The number of carbonyl (C=O) groups is 2. The van der Waals surface area contributed by atoms with Gasteiger partial charge in [0.25, 0.3) is 0 Å². The number of primary amides is 1. The molecule has 1 aliphatic carbocycles. The normalized spacial score (nSPS) is 22.5. The van der Waals surface area contributed by atoms with E-state index in [1.165, 1.54) is 12.1 Å². The largest absolute Gasteiger partial charge is 0.369 e. The quantitative estimate of drug-likeness (QED) is 0.886. The Morgan fingerprint density at radius 1 is 1.25 bits per heavy atom. The fraction of sp³-hybridized carbons (Fsp3) is 0.556. The van der Waals surface area contributed by atoms with Gasteiger partial charge in [0.05, 0.1) is 5.92 Å². The molecule has 1 unspecified atom stereocenters. The zero-order chi connectivity index (χ0) is 17.2. The minimum Gasteiger partial charge on any atom is -0.369 e. The molecule has 1 atom stereocenters. The number of rotatable bonds is 4. The van der Waals surface area contributed by atoms with E-state index in [0.29, 0.717) is 26.1 Å². The summed E-state index contributed by atoms with van der Waals surface area (Å²) in [5.74, 6) is -0.831. The highest BCUT2D eigenvalue weighted by molar-refractivity contribution is 5.80. The molecule has 1 saturated carbocycles. The fourth-order valence-corrected chi connectivity index (χ4v) is 3.96. The average molecular weight is 333 g/mol. The molecule has 1 saturated heterocycles. The number of hydrogen-bond donors (Lipinski definition) is 2. The molecule has 0 radical (unpaired) electrons. The summed E-state index contributed by atoms with van der Waals surface area (Å²) >= 11 is 0. The van der Waals surface area contributed by atoms with Crippen LogP contribution in [0.3, 0.4) is 0 Å². The van der Waals surface area contributed by atoms with E-state index in [9.17, 15) is 14.0 Å². The van der Waals surface area contributed by atoms with Crippen molar-refractivity contribution in [1.82, 2.24) is 10.2 Å². The van der Waals surface area contributed by atoms with Crippen molar-refractivity contribution in [3.05, 3.63) is 35.6 Å². The van der Waals surface area contributed by atoms with E-state index in [2.05, 4.69) is 5.32 Å². The fourth-order valence-electron chi connectivity index (χ4n) is 3.96. The maximum atomic E-state index is 13.2. The first-order valence-electron chi connectivity index (χ1n) is 8.58. The van der Waals surface area contributed by atoms with Crippen LogP contribution in [0, 0.1) is 11.7 Å². The molecule has 2 fully saturated rings. The Morgan fingerprint density at radius 2 is 1.92 bits per heavy atom. The summed E-state index contributed by atoms with van der Waals surface area (Å²) in [6.07, 6.45) is 4.83. The third-order valence-corrected chi connectivity index (χ3v) is 5.47. The minimum atomic E-state index is -0.344. The lowest BCUT2D eigenvalue weighted by Gasteiger charge is -2.31. The summed E-state index contributed by atoms with van der Waals surface area (Å²) in [5.41, 5.74) is 6.28. The molecule has 0 bridgehead atoms. The molecular weight excluding hydrogens is 309 g/mol. The van der Waals surface area contributed by atoms with Crippen LogP contribution in [0.25, 0.3) is 0 Å². The predicted octanol–water partition coefficient (Wildman–Crippen LogP) is 2.15. The van der Waals surface area contributed by atoms with Crippen molar-refractivity contribution in [2.24, 2.45) is 11.7 Å². The lowest BCUT2D eigenvalue weighted by Crippen LogP contribution is -2.45. The average Bonchev–Trinajstić information content (AvgIpc) is 3.23. The molecular formula is C18H24FN3O2. The highest BCUT2D eigenvalue weighted by Crippen LogP contribution is 2.40. The molecule has 5 nitrogen and oxygen atoms in total. The van der Waals surface area contributed by atoms with E-state index in [-0.39, 0.29) is 29.1 Å². The highest BCUT2D eigenvalue weighted by Gasteiger charge is 2.37. The third kappa shape index (κ3) is 3.37. The van der Waals surface area contributed by atoms with Crippen LogP contribution in [0.15, 0.2) is 24.3 Å². The lowest BCUT2D eigenvalue weighted by atomic mass is 9.79. The van der Waals surface area contributed by atoms with Crippen molar-refractivity contribution in [2.45, 2.75) is 37.5 Å². The molecule has 0 spiro atoms. The molecule has 0 aromatic heterocycles. The summed E-state index contributed by atoms with van der Waals surface area (Å²) in [6.45, 7) is 1.49. The second-order valence-electron chi connectivity index (χ2n) is 6.99. The van der Waals surface area contributed by atoms with Crippen LogP contribution in [0.5, 0.6) is 0 Å². The summed E-state index contributed by atoms with van der Waals surface area (Å²) in [5, 5.41) is 3.02. The zero-order valence-corrected chi connectivity index (χ0v) is 13.8. The van der Waals surface area contributed by atoms with Crippen LogP contribution in [0.2, 0.25) is 0 Å². The zero-order valence-electron chi connectivity index (χ0n) is 13.8. The van der Waals surface area contributed by atoms with Gasteiger partial charge in [-0.3, -0.25) is 4.79 Å². The maximum absolute atomic E-state index is 13.2. The van der Waals surface area contributed by atoms with Gasteiger partial charge in [0.1, 0.15) is 5.82 Å². The van der Waals surface area contributed by atoms with Gasteiger partial charge in [0.2, 0.25) is 5.91 Å². The number of hydrogen-bond acceptors (Lipinski definition) is 2. The Bertz CT molecular complexity index is 611. The molecule has 24 heavy (non-hydrogen) atoms. The topological polar surface area (TPSA) is 75.4 Å². The molecule has 6 heteroatoms. The molecule has 130 valence electrons. The first-order valence-corrected chi connectivity index (χ1v) is 8.58. The number of urea groups is 1. The van der Waals surface area contributed by atoms with Gasteiger partial charge < -0.3 is 16.0 Å². The van der Waals surface area contributed by atoms with Crippen molar-refractivity contribution in [3.63, 3.8) is 0 Å². The van der Waals surface area contributed by atoms with Gasteiger partial charge in [-0.2, -0.15) is 0 Å². The summed E-state index contributed by atoms with van der Waals surface area (Å²) < 4.78 is 13.2. The third-order valence-electron chi connectivity index (χ3n) is 5.47. The minimum absolute atomic E-state index is 0.119. The van der Waals surface area contributed by atoms with Gasteiger partial charge >= 0.3 is 6.03 Å². The van der Waals surface area contributed by atoms with Crippen molar-refractivity contribution in [3.8, 4) is 0 Å². The van der Waals surface area contributed by atoms with E-state index in [0.717, 1.165) is 31.2 Å². The Hall–Kier alpha value is -2.11. The van der Waals surface area contributed by atoms with Crippen LogP contribution >= 0.6 is 0 Å². The first-order chi connectivity index (χ1) is 11.5. The molecule has 1 heterocycles. The van der Waals surface area contributed by atoms with Crippen LogP contribution in [0.4, 0.5) is 9.18 Å². The maximum Gasteiger partial charge on any atom is 0.317 e. The predicted molar refractivity (Wildman–Crippen MR) is 88.8 cm³/mol. The second-order valence-corrected chi connectivity index (χ2v) is 6.99. The number of nitrogens with zero attached hydrogens (tertiary/aromatic N) is 1. The molecule has 3 amide bonds. The smallest absolute Gasteiger partial charge is 0.317 e. The van der Waals surface area contributed by atoms with Crippen molar-refractivity contribution >= 4 is 11.9 Å². The van der Waals surface area contributed by atoms with Crippen LogP contribution in [-0.4, -0.2) is 36.5 Å². The Morgan fingerprint density at radius 3 is 2.50 bits per heavy atom. The van der Waals surface area contributed by atoms with Crippen LogP contribution < -0.4 is 11.1 Å². The van der Waals surface area contributed by atoms with E-state index < -0.39 is 0 Å². The number of likely N-dealkylation sites (tertiary alicyclic amines) is 1. The van der Waals surface area contributed by atoms with Gasteiger partial charge in [-0.1, -0.05) is 25.0 Å². The van der Waals surface area contributed by atoms with Crippen molar-refractivity contribution in [1.29, 1.82) is 0 Å². The highest BCUT2D eigenvalue weighted by atomic mass is 19.1. The number of nitrogens with two attached hydrogens (primary N) is 1.